The van der Waals surface area contributed by atoms with E-state index in [1.807, 2.05) is 30.0 Å². The normalized spacial score (nSPS) is 11.1. The lowest BCUT2D eigenvalue weighted by atomic mass is 10.2. The maximum absolute atomic E-state index is 11.3. The molecule has 1 aromatic rings. The number of carbonyl (C=O) groups excluding carboxylic acids is 1. The Kier molecular flexibility index (Phi) is 9.76. The van der Waals surface area contributed by atoms with Gasteiger partial charge in [0.25, 0.3) is 0 Å². The van der Waals surface area contributed by atoms with Crippen molar-refractivity contribution < 1.29 is 9.53 Å². The number of ether oxygens (including phenoxy) is 1. The van der Waals surface area contributed by atoms with Crippen LogP contribution >= 0.6 is 11.8 Å². The van der Waals surface area contributed by atoms with E-state index in [0.29, 0.717) is 18.0 Å². The van der Waals surface area contributed by atoms with Crippen molar-refractivity contribution in [3.05, 3.63) is 23.8 Å². The molecule has 0 radical (unpaired) electrons. The van der Waals surface area contributed by atoms with Gasteiger partial charge in [-0.15, -0.1) is 0 Å². The second-order valence-corrected chi connectivity index (χ2v) is 6.25. The van der Waals surface area contributed by atoms with Crippen molar-refractivity contribution in [3.63, 3.8) is 0 Å². The van der Waals surface area contributed by atoms with Crippen LogP contribution in [0.4, 0.5) is 5.69 Å². The van der Waals surface area contributed by atoms with E-state index in [0.717, 1.165) is 24.5 Å². The van der Waals surface area contributed by atoms with Crippen molar-refractivity contribution in [1.82, 2.24) is 10.6 Å². The second kappa shape index (κ2) is 11.6. The molecule has 0 heterocycles. The second-order valence-electron chi connectivity index (χ2n) is 5.27. The van der Waals surface area contributed by atoms with Gasteiger partial charge in [-0.25, -0.2) is 0 Å². The maximum atomic E-state index is 11.3. The summed E-state index contributed by atoms with van der Waals surface area (Å²) < 4.78 is 5.26. The first-order valence-corrected chi connectivity index (χ1v) is 9.38. The highest BCUT2D eigenvalue weighted by molar-refractivity contribution is 7.98. The van der Waals surface area contributed by atoms with Gasteiger partial charge >= 0.3 is 0 Å². The molecule has 24 heavy (non-hydrogen) atoms. The molecular weight excluding hydrogens is 324 g/mol. The van der Waals surface area contributed by atoms with Crippen molar-refractivity contribution >= 4 is 29.3 Å². The molecule has 1 aromatic carbocycles. The van der Waals surface area contributed by atoms with Crippen LogP contribution in [-0.4, -0.2) is 44.6 Å². The summed E-state index contributed by atoms with van der Waals surface area (Å²) in [6.45, 7) is 2.99. The third-order valence-electron chi connectivity index (χ3n) is 3.33. The number of hydrogen-bond donors (Lipinski definition) is 3. The van der Waals surface area contributed by atoms with Gasteiger partial charge in [0.1, 0.15) is 5.75 Å². The van der Waals surface area contributed by atoms with Crippen LogP contribution in [0.3, 0.4) is 0 Å². The zero-order chi connectivity index (χ0) is 17.8. The molecule has 0 saturated heterocycles. The summed E-state index contributed by atoms with van der Waals surface area (Å²) in [6.07, 6.45) is 4.44. The Morgan fingerprint density at radius 2 is 2.08 bits per heavy atom. The topological polar surface area (TPSA) is 74.8 Å². The lowest BCUT2D eigenvalue weighted by Gasteiger charge is -2.14. The molecular formula is C17H28N4O2S. The molecule has 0 aliphatic rings. The molecule has 0 atom stereocenters. The van der Waals surface area contributed by atoms with Crippen LogP contribution < -0.4 is 20.7 Å². The highest BCUT2D eigenvalue weighted by Gasteiger charge is 2.06. The summed E-state index contributed by atoms with van der Waals surface area (Å²) in [5.74, 6) is 2.48. The first-order valence-electron chi connectivity index (χ1n) is 7.98. The number of guanidine groups is 1. The van der Waals surface area contributed by atoms with Crippen LogP contribution in [0, 0.1) is 0 Å². The average molecular weight is 353 g/mol. The largest absolute Gasteiger partial charge is 0.495 e. The van der Waals surface area contributed by atoms with E-state index in [1.54, 1.807) is 14.2 Å². The Hall–Kier alpha value is -1.89. The van der Waals surface area contributed by atoms with Gasteiger partial charge in [-0.05, 0) is 42.5 Å². The lowest BCUT2D eigenvalue weighted by Crippen LogP contribution is -2.37. The molecule has 7 heteroatoms. The van der Waals surface area contributed by atoms with Crippen LogP contribution in [0.15, 0.2) is 23.2 Å². The van der Waals surface area contributed by atoms with E-state index < -0.39 is 0 Å². The van der Waals surface area contributed by atoms with Crippen molar-refractivity contribution in [1.29, 1.82) is 0 Å². The summed E-state index contributed by atoms with van der Waals surface area (Å²) in [4.78, 5) is 15.5. The minimum atomic E-state index is -0.124. The Balaban J connectivity index is 2.54. The zero-order valence-electron chi connectivity index (χ0n) is 14.9. The Labute approximate surface area is 148 Å². The molecule has 134 valence electrons. The van der Waals surface area contributed by atoms with Gasteiger partial charge in [-0.1, -0.05) is 6.07 Å². The van der Waals surface area contributed by atoms with Gasteiger partial charge in [-0.3, -0.25) is 9.79 Å². The van der Waals surface area contributed by atoms with Crippen molar-refractivity contribution in [2.45, 2.75) is 26.3 Å². The number of rotatable bonds is 9. The van der Waals surface area contributed by atoms with E-state index in [9.17, 15) is 4.79 Å². The maximum Gasteiger partial charge on any atom is 0.221 e. The predicted octanol–water partition coefficient (Wildman–Crippen LogP) is 2.46. The molecule has 0 bridgehead atoms. The van der Waals surface area contributed by atoms with Crippen molar-refractivity contribution in [2.75, 3.05) is 38.0 Å². The quantitative estimate of drug-likeness (QED) is 0.362. The molecule has 0 aliphatic carbocycles. The van der Waals surface area contributed by atoms with E-state index in [2.05, 4.69) is 27.2 Å². The first kappa shape index (κ1) is 20.2. The molecule has 1 amide bonds. The number of hydrogen-bond acceptors (Lipinski definition) is 4. The summed E-state index contributed by atoms with van der Waals surface area (Å²) in [7, 11) is 3.34. The van der Waals surface area contributed by atoms with Crippen LogP contribution in [0.1, 0.15) is 25.3 Å². The fraction of sp³-hybridized carbons (Fsp3) is 0.529. The van der Waals surface area contributed by atoms with Crippen molar-refractivity contribution in [3.8, 4) is 5.75 Å². The van der Waals surface area contributed by atoms with E-state index >= 15 is 0 Å². The standard InChI is InChI=1S/C17H28N4O2S/c1-13(22)21-15-11-14(7-8-16(15)23-3)12-20-17(18-2)19-9-5-6-10-24-4/h7-8,11H,5-6,9-10,12H2,1-4H3,(H,21,22)(H2,18,19,20). The number of methoxy groups -OCH3 is 1. The summed E-state index contributed by atoms with van der Waals surface area (Å²) >= 11 is 1.87. The highest BCUT2D eigenvalue weighted by atomic mass is 32.2. The van der Waals surface area contributed by atoms with E-state index in [4.69, 9.17) is 4.74 Å². The number of aliphatic imine (C=N–C) groups is 1. The first-order chi connectivity index (χ1) is 11.6. The lowest BCUT2D eigenvalue weighted by molar-refractivity contribution is -0.114. The number of nitrogens with zero attached hydrogens (tertiary/aromatic N) is 1. The van der Waals surface area contributed by atoms with Gasteiger partial charge in [0.05, 0.1) is 12.8 Å². The average Bonchev–Trinajstić information content (AvgIpc) is 2.57. The third kappa shape index (κ3) is 7.59. The molecule has 0 aromatic heterocycles. The fourth-order valence-corrected chi connectivity index (χ4v) is 2.63. The molecule has 0 fully saturated rings. The Morgan fingerprint density at radius 1 is 1.29 bits per heavy atom. The fourth-order valence-electron chi connectivity index (χ4n) is 2.14. The van der Waals surface area contributed by atoms with Gasteiger partial charge in [0.2, 0.25) is 5.91 Å². The van der Waals surface area contributed by atoms with Crippen molar-refractivity contribution in [2.24, 2.45) is 4.99 Å². The number of anilines is 1. The number of nitrogens with one attached hydrogen (secondary N) is 3. The van der Waals surface area contributed by atoms with Gasteiger partial charge < -0.3 is 20.7 Å². The predicted molar refractivity (Wildman–Crippen MR) is 103 cm³/mol. The zero-order valence-corrected chi connectivity index (χ0v) is 15.8. The highest BCUT2D eigenvalue weighted by Crippen LogP contribution is 2.25. The van der Waals surface area contributed by atoms with Crippen LogP contribution in [0.25, 0.3) is 0 Å². The summed E-state index contributed by atoms with van der Waals surface area (Å²) in [5, 5.41) is 9.36. The number of thioether (sulfide) groups is 1. The van der Waals surface area contributed by atoms with Crippen LogP contribution in [0.5, 0.6) is 5.75 Å². The number of unbranched alkanes of at least 4 members (excludes halogenated alkanes) is 1. The SMILES string of the molecule is CN=C(NCCCCSC)NCc1ccc(OC)c(NC(C)=O)c1. The number of carbonyl (C=O) groups is 1. The van der Waals surface area contributed by atoms with Crippen LogP contribution in [0.2, 0.25) is 0 Å². The van der Waals surface area contributed by atoms with Gasteiger partial charge in [-0.2, -0.15) is 11.8 Å². The minimum absolute atomic E-state index is 0.124. The Morgan fingerprint density at radius 3 is 2.71 bits per heavy atom. The molecule has 0 aliphatic heterocycles. The minimum Gasteiger partial charge on any atom is -0.495 e. The molecule has 0 spiro atoms. The molecule has 3 N–H and O–H groups in total. The summed E-state index contributed by atoms with van der Waals surface area (Å²) in [6, 6.07) is 5.71. The molecule has 1 rings (SSSR count). The van der Waals surface area contributed by atoms with E-state index in [1.165, 1.54) is 19.1 Å². The monoisotopic (exact) mass is 352 g/mol. The van der Waals surface area contributed by atoms with Gasteiger partial charge in [0.15, 0.2) is 5.96 Å². The Bertz CT molecular complexity index is 549. The summed E-state index contributed by atoms with van der Waals surface area (Å²) in [5.41, 5.74) is 1.70. The number of benzene rings is 1. The molecule has 0 unspecified atom stereocenters. The van der Waals surface area contributed by atoms with Gasteiger partial charge in [0, 0.05) is 27.1 Å². The van der Waals surface area contributed by atoms with Crippen LogP contribution in [-0.2, 0) is 11.3 Å². The van der Waals surface area contributed by atoms with E-state index in [-0.39, 0.29) is 5.91 Å². The molecule has 6 nitrogen and oxygen atoms in total. The third-order valence-corrected chi connectivity index (χ3v) is 4.02. The number of amides is 1. The molecule has 0 saturated carbocycles. The smallest absolute Gasteiger partial charge is 0.221 e.